The van der Waals surface area contributed by atoms with E-state index in [4.69, 9.17) is 4.98 Å². The zero-order valence-corrected chi connectivity index (χ0v) is 16.4. The number of hydrogen-bond acceptors (Lipinski definition) is 4. The molecule has 4 rings (SSSR count). The van der Waals surface area contributed by atoms with Gasteiger partial charge in [-0.3, -0.25) is 10.00 Å². The Morgan fingerprint density at radius 1 is 1.11 bits per heavy atom. The molecule has 0 radical (unpaired) electrons. The van der Waals surface area contributed by atoms with Crippen LogP contribution in [0.15, 0.2) is 48.7 Å². The molecule has 1 aliphatic carbocycles. The van der Waals surface area contributed by atoms with Crippen molar-refractivity contribution in [3.8, 4) is 22.6 Å². The normalized spacial score (nSPS) is 15.6. The van der Waals surface area contributed by atoms with E-state index in [2.05, 4.69) is 10.4 Å². The van der Waals surface area contributed by atoms with Crippen molar-refractivity contribution in [2.45, 2.75) is 51.4 Å². The third-order valence-electron chi connectivity index (χ3n) is 4.70. The van der Waals surface area contributed by atoms with Crippen LogP contribution in [0.3, 0.4) is 0 Å². The van der Waals surface area contributed by atoms with Crippen LogP contribution in [0.2, 0.25) is 0 Å². The van der Waals surface area contributed by atoms with Gasteiger partial charge in [0.15, 0.2) is 0 Å². The number of nitrogens with zero attached hydrogens (tertiary/aromatic N) is 3. The van der Waals surface area contributed by atoms with Crippen molar-refractivity contribution in [2.75, 3.05) is 0 Å². The zero-order chi connectivity index (χ0) is 19.9. The fourth-order valence-electron chi connectivity index (χ4n) is 3.23. The Kier molecular flexibility index (Phi) is 4.77. The maximum absolute atomic E-state index is 13.4. The van der Waals surface area contributed by atoms with Gasteiger partial charge in [0.2, 0.25) is 0 Å². The number of aliphatic hydroxyl groups is 1. The SMILES string of the molecule is CC(C)(C)NC(O)c1cc(-c2ccc(F)cc2)nc(-c2ccnn2C2CC2)c1. The van der Waals surface area contributed by atoms with Gasteiger partial charge in [-0.1, -0.05) is 0 Å². The smallest absolute Gasteiger partial charge is 0.131 e. The van der Waals surface area contributed by atoms with E-state index in [0.29, 0.717) is 17.3 Å². The molecule has 2 N–H and O–H groups in total. The van der Waals surface area contributed by atoms with Crippen molar-refractivity contribution in [1.29, 1.82) is 0 Å². The highest BCUT2D eigenvalue weighted by atomic mass is 19.1. The molecule has 146 valence electrons. The summed E-state index contributed by atoms with van der Waals surface area (Å²) in [5, 5.41) is 18.4. The molecule has 0 bridgehead atoms. The lowest BCUT2D eigenvalue weighted by atomic mass is 10.0. The highest BCUT2D eigenvalue weighted by Crippen LogP contribution is 2.38. The second-order valence-corrected chi connectivity index (χ2v) is 8.37. The van der Waals surface area contributed by atoms with E-state index in [1.54, 1.807) is 18.3 Å². The second kappa shape index (κ2) is 7.11. The van der Waals surface area contributed by atoms with Crippen molar-refractivity contribution in [3.05, 3.63) is 60.0 Å². The number of pyridine rings is 1. The van der Waals surface area contributed by atoms with Crippen molar-refractivity contribution in [2.24, 2.45) is 0 Å². The molecule has 1 saturated carbocycles. The van der Waals surface area contributed by atoms with Crippen LogP contribution < -0.4 is 5.32 Å². The largest absolute Gasteiger partial charge is 0.374 e. The van der Waals surface area contributed by atoms with E-state index in [1.807, 2.05) is 43.7 Å². The minimum Gasteiger partial charge on any atom is -0.374 e. The second-order valence-electron chi connectivity index (χ2n) is 8.37. The first-order valence-corrected chi connectivity index (χ1v) is 9.58. The number of aromatic nitrogens is 3. The molecule has 2 aromatic heterocycles. The quantitative estimate of drug-likeness (QED) is 0.641. The molecule has 1 unspecified atom stereocenters. The summed E-state index contributed by atoms with van der Waals surface area (Å²) in [6.07, 6.45) is 3.17. The molecule has 2 heterocycles. The maximum atomic E-state index is 13.4. The standard InChI is InChI=1S/C22H25FN4O/c1-22(2,3)26-21(28)15-12-18(14-4-6-16(23)7-5-14)25-19(13-15)20-10-11-24-27(20)17-8-9-17/h4-7,10-13,17,21,26,28H,8-9H2,1-3H3. The predicted molar refractivity (Wildman–Crippen MR) is 107 cm³/mol. The lowest BCUT2D eigenvalue weighted by molar-refractivity contribution is 0.107. The number of halogens is 1. The van der Waals surface area contributed by atoms with E-state index in [-0.39, 0.29) is 11.4 Å². The van der Waals surface area contributed by atoms with Crippen LogP contribution >= 0.6 is 0 Å². The Hall–Kier alpha value is -2.57. The summed E-state index contributed by atoms with van der Waals surface area (Å²) in [5.41, 5.74) is 3.61. The van der Waals surface area contributed by atoms with Crippen LogP contribution in [-0.4, -0.2) is 25.4 Å². The van der Waals surface area contributed by atoms with Gasteiger partial charge in [0.1, 0.15) is 12.0 Å². The number of aliphatic hydroxyl groups excluding tert-OH is 1. The van der Waals surface area contributed by atoms with Gasteiger partial charge in [-0.25, -0.2) is 9.37 Å². The summed E-state index contributed by atoms with van der Waals surface area (Å²) < 4.78 is 15.4. The third-order valence-corrected chi connectivity index (χ3v) is 4.70. The summed E-state index contributed by atoms with van der Waals surface area (Å²) in [6.45, 7) is 6.00. The van der Waals surface area contributed by atoms with E-state index in [9.17, 15) is 9.50 Å². The van der Waals surface area contributed by atoms with Gasteiger partial charge in [0.05, 0.1) is 23.1 Å². The molecule has 0 spiro atoms. The Morgan fingerprint density at radius 3 is 2.43 bits per heavy atom. The molecule has 1 aliphatic rings. The number of hydrogen-bond donors (Lipinski definition) is 2. The van der Waals surface area contributed by atoms with Gasteiger partial charge in [-0.05, 0) is 81.6 Å². The van der Waals surface area contributed by atoms with E-state index in [0.717, 1.165) is 29.8 Å². The Bertz CT molecular complexity index is 971. The Balaban J connectivity index is 1.80. The highest BCUT2D eigenvalue weighted by Gasteiger charge is 2.27. The predicted octanol–water partition coefficient (Wildman–Crippen LogP) is 4.47. The Labute approximate surface area is 164 Å². The van der Waals surface area contributed by atoms with E-state index in [1.165, 1.54) is 12.1 Å². The molecule has 0 aliphatic heterocycles. The molecule has 1 fully saturated rings. The monoisotopic (exact) mass is 380 g/mol. The van der Waals surface area contributed by atoms with Crippen LogP contribution in [0.1, 0.15) is 51.4 Å². The van der Waals surface area contributed by atoms with Crippen molar-refractivity contribution >= 4 is 0 Å². The maximum Gasteiger partial charge on any atom is 0.131 e. The van der Waals surface area contributed by atoms with E-state index < -0.39 is 6.23 Å². The average Bonchev–Trinajstić information content (AvgIpc) is 3.37. The van der Waals surface area contributed by atoms with Crippen molar-refractivity contribution < 1.29 is 9.50 Å². The molecule has 0 amide bonds. The molecule has 3 aromatic rings. The van der Waals surface area contributed by atoms with Gasteiger partial charge < -0.3 is 5.11 Å². The topological polar surface area (TPSA) is 63.0 Å². The molecular formula is C22H25FN4O. The highest BCUT2D eigenvalue weighted by molar-refractivity contribution is 5.66. The fourth-order valence-corrected chi connectivity index (χ4v) is 3.23. The first-order valence-electron chi connectivity index (χ1n) is 9.58. The lowest BCUT2D eigenvalue weighted by Crippen LogP contribution is -2.38. The summed E-state index contributed by atoms with van der Waals surface area (Å²) in [4.78, 5) is 4.80. The summed E-state index contributed by atoms with van der Waals surface area (Å²) in [6, 6.07) is 12.3. The minimum absolute atomic E-state index is 0.255. The van der Waals surface area contributed by atoms with Crippen LogP contribution in [0.5, 0.6) is 0 Å². The van der Waals surface area contributed by atoms with Gasteiger partial charge in [-0.2, -0.15) is 5.10 Å². The molecular weight excluding hydrogens is 355 g/mol. The lowest BCUT2D eigenvalue weighted by Gasteiger charge is -2.26. The molecule has 28 heavy (non-hydrogen) atoms. The average molecular weight is 380 g/mol. The van der Waals surface area contributed by atoms with E-state index >= 15 is 0 Å². The number of nitrogens with one attached hydrogen (secondary N) is 1. The molecule has 6 heteroatoms. The summed E-state index contributed by atoms with van der Waals surface area (Å²) >= 11 is 0. The number of rotatable bonds is 5. The van der Waals surface area contributed by atoms with Crippen LogP contribution in [0, 0.1) is 5.82 Å². The first kappa shape index (κ1) is 18.8. The van der Waals surface area contributed by atoms with Crippen molar-refractivity contribution in [3.63, 3.8) is 0 Å². The fraction of sp³-hybridized carbons (Fsp3) is 0.364. The van der Waals surface area contributed by atoms with Gasteiger partial charge in [-0.15, -0.1) is 0 Å². The van der Waals surface area contributed by atoms with Crippen molar-refractivity contribution in [1.82, 2.24) is 20.1 Å². The first-order chi connectivity index (χ1) is 13.3. The van der Waals surface area contributed by atoms with Crippen LogP contribution in [0.25, 0.3) is 22.6 Å². The van der Waals surface area contributed by atoms with Gasteiger partial charge in [0.25, 0.3) is 0 Å². The third kappa shape index (κ3) is 4.13. The van der Waals surface area contributed by atoms with Gasteiger partial charge in [0, 0.05) is 17.3 Å². The Morgan fingerprint density at radius 2 is 1.79 bits per heavy atom. The minimum atomic E-state index is -0.849. The molecule has 1 aromatic carbocycles. The molecule has 1 atom stereocenters. The van der Waals surface area contributed by atoms with Gasteiger partial charge >= 0.3 is 0 Å². The van der Waals surface area contributed by atoms with Crippen LogP contribution in [0.4, 0.5) is 4.39 Å². The summed E-state index contributed by atoms with van der Waals surface area (Å²) in [5.74, 6) is -0.290. The summed E-state index contributed by atoms with van der Waals surface area (Å²) in [7, 11) is 0. The number of benzene rings is 1. The van der Waals surface area contributed by atoms with Crippen LogP contribution in [-0.2, 0) is 0 Å². The zero-order valence-electron chi connectivity index (χ0n) is 16.4. The molecule has 0 saturated heterocycles. The molecule has 5 nitrogen and oxygen atoms in total.